The molecule has 0 unspecified atom stereocenters. The van der Waals surface area contributed by atoms with Crippen molar-refractivity contribution in [3.63, 3.8) is 0 Å². The zero-order valence-corrected chi connectivity index (χ0v) is 7.65. The molecule has 0 bridgehead atoms. The average molecular weight is 141 g/mol. The molecule has 1 aliphatic rings. The summed E-state index contributed by atoms with van der Waals surface area (Å²) in [5, 5.41) is 0. The lowest BCUT2D eigenvalue weighted by atomic mass is 10.1. The minimum absolute atomic E-state index is 0.394. The van der Waals surface area contributed by atoms with E-state index in [1.165, 1.54) is 19.5 Å². The Morgan fingerprint density at radius 3 is 2.10 bits per heavy atom. The van der Waals surface area contributed by atoms with Gasteiger partial charge in [0.2, 0.25) is 0 Å². The van der Waals surface area contributed by atoms with E-state index in [4.69, 9.17) is 0 Å². The van der Waals surface area contributed by atoms with E-state index in [-0.39, 0.29) is 0 Å². The summed E-state index contributed by atoms with van der Waals surface area (Å²) in [5.74, 6) is 0.916. The Morgan fingerprint density at radius 1 is 1.30 bits per heavy atom. The van der Waals surface area contributed by atoms with E-state index in [0.717, 1.165) is 5.92 Å². The van der Waals surface area contributed by atoms with Crippen LogP contribution in [0.5, 0.6) is 0 Å². The molecule has 0 N–H and O–H groups in total. The molecule has 0 saturated carbocycles. The van der Waals surface area contributed by atoms with Crippen molar-refractivity contribution >= 4 is 0 Å². The third-order valence-electron chi connectivity index (χ3n) is 2.37. The molecule has 1 aliphatic heterocycles. The largest absolute Gasteiger partial charge is 0.298 e. The third-order valence-corrected chi connectivity index (χ3v) is 2.37. The standard InChI is InChI=1S/C9H19N/c1-8-5-6-10(7-8)9(2,3)4/h8H,5-7H2,1-4H3/t8-/m1/s1. The fourth-order valence-electron chi connectivity index (χ4n) is 1.54. The highest BCUT2D eigenvalue weighted by molar-refractivity contribution is 4.82. The smallest absolute Gasteiger partial charge is 0.0125 e. The first kappa shape index (κ1) is 8.06. The molecular formula is C9H19N. The monoisotopic (exact) mass is 141 g/mol. The van der Waals surface area contributed by atoms with Crippen LogP contribution in [0.4, 0.5) is 0 Å². The van der Waals surface area contributed by atoms with Gasteiger partial charge in [0.25, 0.3) is 0 Å². The molecule has 1 heteroatoms. The number of nitrogens with zero attached hydrogens (tertiary/aromatic N) is 1. The Morgan fingerprint density at radius 2 is 1.90 bits per heavy atom. The number of hydrogen-bond donors (Lipinski definition) is 0. The Labute approximate surface area is 64.4 Å². The molecule has 1 fully saturated rings. The van der Waals surface area contributed by atoms with Gasteiger partial charge in [0.15, 0.2) is 0 Å². The van der Waals surface area contributed by atoms with E-state index >= 15 is 0 Å². The SMILES string of the molecule is C[C@@H]1CCN(C(C)(C)C)C1. The summed E-state index contributed by atoms with van der Waals surface area (Å²) in [6.45, 7) is 11.8. The molecule has 0 aromatic heterocycles. The summed E-state index contributed by atoms with van der Waals surface area (Å²) in [6.07, 6.45) is 1.39. The van der Waals surface area contributed by atoms with Gasteiger partial charge in [0.05, 0.1) is 0 Å². The third kappa shape index (κ3) is 1.72. The maximum atomic E-state index is 2.57. The first-order valence-corrected chi connectivity index (χ1v) is 4.25. The highest BCUT2D eigenvalue weighted by Gasteiger charge is 2.27. The fourth-order valence-corrected chi connectivity index (χ4v) is 1.54. The van der Waals surface area contributed by atoms with Crippen molar-refractivity contribution in [2.24, 2.45) is 5.92 Å². The van der Waals surface area contributed by atoms with Gasteiger partial charge in [-0.1, -0.05) is 6.92 Å². The van der Waals surface area contributed by atoms with E-state index < -0.39 is 0 Å². The van der Waals surface area contributed by atoms with Crippen molar-refractivity contribution < 1.29 is 0 Å². The molecule has 0 aliphatic carbocycles. The van der Waals surface area contributed by atoms with E-state index in [0.29, 0.717) is 5.54 Å². The van der Waals surface area contributed by atoms with Gasteiger partial charge in [-0.25, -0.2) is 0 Å². The molecule has 1 rings (SSSR count). The minimum Gasteiger partial charge on any atom is -0.298 e. The summed E-state index contributed by atoms with van der Waals surface area (Å²) in [6, 6.07) is 0. The predicted octanol–water partition coefficient (Wildman–Crippen LogP) is 2.13. The summed E-state index contributed by atoms with van der Waals surface area (Å²) in [7, 11) is 0. The van der Waals surface area contributed by atoms with E-state index in [1.807, 2.05) is 0 Å². The number of rotatable bonds is 0. The molecule has 0 spiro atoms. The van der Waals surface area contributed by atoms with E-state index in [9.17, 15) is 0 Å². The minimum atomic E-state index is 0.394. The van der Waals surface area contributed by atoms with Crippen LogP contribution < -0.4 is 0 Å². The Kier molecular flexibility index (Phi) is 2.04. The van der Waals surface area contributed by atoms with Gasteiger partial charge in [0.1, 0.15) is 0 Å². The van der Waals surface area contributed by atoms with Crippen LogP contribution in [-0.4, -0.2) is 23.5 Å². The molecule has 0 radical (unpaired) electrons. The molecule has 1 atom stereocenters. The van der Waals surface area contributed by atoms with Crippen LogP contribution in [0.15, 0.2) is 0 Å². The van der Waals surface area contributed by atoms with Crippen molar-refractivity contribution in [2.45, 2.75) is 39.7 Å². The van der Waals surface area contributed by atoms with Gasteiger partial charge >= 0.3 is 0 Å². The molecule has 0 amide bonds. The van der Waals surface area contributed by atoms with Crippen LogP contribution in [0.2, 0.25) is 0 Å². The maximum Gasteiger partial charge on any atom is 0.0125 e. The van der Waals surface area contributed by atoms with Gasteiger partial charge in [-0.15, -0.1) is 0 Å². The highest BCUT2D eigenvalue weighted by Crippen LogP contribution is 2.23. The van der Waals surface area contributed by atoms with Gasteiger partial charge < -0.3 is 0 Å². The van der Waals surface area contributed by atoms with Crippen molar-refractivity contribution in [1.82, 2.24) is 4.90 Å². The summed E-state index contributed by atoms with van der Waals surface area (Å²) < 4.78 is 0. The zero-order valence-electron chi connectivity index (χ0n) is 7.65. The average Bonchev–Trinajstić information content (AvgIpc) is 2.11. The normalized spacial score (nSPS) is 29.4. The first-order valence-electron chi connectivity index (χ1n) is 4.25. The summed E-state index contributed by atoms with van der Waals surface area (Å²) in [4.78, 5) is 2.57. The Balaban J connectivity index is 2.45. The number of likely N-dealkylation sites (tertiary alicyclic amines) is 1. The summed E-state index contributed by atoms with van der Waals surface area (Å²) >= 11 is 0. The zero-order chi connectivity index (χ0) is 7.78. The van der Waals surface area contributed by atoms with Crippen molar-refractivity contribution in [1.29, 1.82) is 0 Å². The quantitative estimate of drug-likeness (QED) is 0.499. The van der Waals surface area contributed by atoms with E-state index in [1.54, 1.807) is 0 Å². The van der Waals surface area contributed by atoms with Crippen LogP contribution in [0.3, 0.4) is 0 Å². The van der Waals surface area contributed by atoms with Gasteiger partial charge in [-0.05, 0) is 39.7 Å². The lowest BCUT2D eigenvalue weighted by Crippen LogP contribution is -2.39. The van der Waals surface area contributed by atoms with Crippen molar-refractivity contribution in [3.8, 4) is 0 Å². The Hall–Kier alpha value is -0.0400. The second-order valence-electron chi connectivity index (χ2n) is 4.51. The van der Waals surface area contributed by atoms with Gasteiger partial charge in [-0.2, -0.15) is 0 Å². The molecule has 60 valence electrons. The lowest BCUT2D eigenvalue weighted by Gasteiger charge is -2.31. The predicted molar refractivity (Wildman–Crippen MR) is 45.1 cm³/mol. The first-order chi connectivity index (χ1) is 4.50. The Bertz CT molecular complexity index is 112. The van der Waals surface area contributed by atoms with Crippen molar-refractivity contribution in [3.05, 3.63) is 0 Å². The summed E-state index contributed by atoms with van der Waals surface area (Å²) in [5.41, 5.74) is 0.394. The van der Waals surface area contributed by atoms with Crippen LogP contribution in [0.1, 0.15) is 34.1 Å². The topological polar surface area (TPSA) is 3.24 Å². The second-order valence-corrected chi connectivity index (χ2v) is 4.51. The van der Waals surface area contributed by atoms with Crippen LogP contribution in [0, 0.1) is 5.92 Å². The molecular weight excluding hydrogens is 122 g/mol. The molecule has 10 heavy (non-hydrogen) atoms. The molecule has 0 aromatic rings. The highest BCUT2D eigenvalue weighted by atomic mass is 15.2. The second kappa shape index (κ2) is 2.54. The van der Waals surface area contributed by atoms with Crippen molar-refractivity contribution in [2.75, 3.05) is 13.1 Å². The molecule has 0 aromatic carbocycles. The van der Waals surface area contributed by atoms with Gasteiger partial charge in [-0.3, -0.25) is 4.90 Å². The molecule has 1 saturated heterocycles. The number of hydrogen-bond acceptors (Lipinski definition) is 1. The molecule has 1 nitrogen and oxygen atoms in total. The van der Waals surface area contributed by atoms with Crippen LogP contribution in [0.25, 0.3) is 0 Å². The maximum absolute atomic E-state index is 2.57. The molecule has 1 heterocycles. The van der Waals surface area contributed by atoms with Gasteiger partial charge in [0, 0.05) is 12.1 Å². The van der Waals surface area contributed by atoms with E-state index in [2.05, 4.69) is 32.6 Å². The lowest BCUT2D eigenvalue weighted by molar-refractivity contribution is 0.169. The fraction of sp³-hybridized carbons (Fsp3) is 1.00. The van der Waals surface area contributed by atoms with Crippen LogP contribution in [-0.2, 0) is 0 Å². The van der Waals surface area contributed by atoms with Crippen LogP contribution >= 0.6 is 0 Å².